The molecular weight excluding hydrogens is 584 g/mol. The van der Waals surface area contributed by atoms with E-state index in [-0.39, 0.29) is 13.0 Å². The topological polar surface area (TPSA) is 232 Å². The molecule has 0 aliphatic carbocycles. The molecule has 0 saturated heterocycles. The maximum absolute atomic E-state index is 13.5. The fraction of sp³-hybridized carbons (Fsp3) is 0.419. The molecule has 244 valence electrons. The lowest BCUT2D eigenvalue weighted by Gasteiger charge is -2.27. The molecule has 14 nitrogen and oxygen atoms in total. The maximum atomic E-state index is 13.5. The van der Waals surface area contributed by atoms with Crippen LogP contribution in [0.2, 0.25) is 0 Å². The zero-order valence-electron chi connectivity index (χ0n) is 25.5. The third kappa shape index (κ3) is 12.4. The molecule has 0 aromatic heterocycles. The third-order valence-electron chi connectivity index (χ3n) is 6.66. The van der Waals surface area contributed by atoms with Crippen LogP contribution in [-0.4, -0.2) is 77.4 Å². The normalized spacial score (nSPS) is 14.2. The SMILES string of the molecule is CC(C)[C@H](NC(=O)[C@H](CC(N)=O)NC(=O)C(O)CN)C(=O)N[C@@H](Cc1ccccc1)C(=O)N[C@@H](C)C(=O)OCc1ccccc1. The van der Waals surface area contributed by atoms with Gasteiger partial charge >= 0.3 is 5.97 Å². The first-order valence-corrected chi connectivity index (χ1v) is 14.4. The quantitative estimate of drug-likeness (QED) is 0.104. The molecule has 45 heavy (non-hydrogen) atoms. The number of esters is 1. The van der Waals surface area contributed by atoms with Gasteiger partial charge in [0.2, 0.25) is 23.6 Å². The molecule has 14 heteroatoms. The smallest absolute Gasteiger partial charge is 0.328 e. The van der Waals surface area contributed by atoms with E-state index in [0.29, 0.717) is 5.56 Å². The Morgan fingerprint density at radius 3 is 1.80 bits per heavy atom. The molecule has 5 amide bonds. The van der Waals surface area contributed by atoms with E-state index in [0.717, 1.165) is 5.56 Å². The third-order valence-corrected chi connectivity index (χ3v) is 6.66. The van der Waals surface area contributed by atoms with Crippen molar-refractivity contribution in [2.75, 3.05) is 6.54 Å². The van der Waals surface area contributed by atoms with Crippen molar-refractivity contribution in [2.24, 2.45) is 17.4 Å². The molecule has 9 N–H and O–H groups in total. The number of benzene rings is 2. The summed E-state index contributed by atoms with van der Waals surface area (Å²) in [5.74, 6) is -5.43. The molecule has 0 spiro atoms. The number of hydrogen-bond donors (Lipinski definition) is 7. The average Bonchev–Trinajstić information content (AvgIpc) is 3.01. The molecule has 1 unspecified atom stereocenters. The Morgan fingerprint density at radius 2 is 1.27 bits per heavy atom. The Balaban J connectivity index is 2.18. The Labute approximate surface area is 261 Å². The van der Waals surface area contributed by atoms with Gasteiger partial charge in [-0.3, -0.25) is 24.0 Å². The molecule has 2 aromatic rings. The Hall–Kier alpha value is -4.82. The first-order chi connectivity index (χ1) is 21.3. The minimum Gasteiger partial charge on any atom is -0.459 e. The lowest BCUT2D eigenvalue weighted by molar-refractivity contribution is -0.148. The molecule has 2 rings (SSSR count). The predicted molar refractivity (Wildman–Crippen MR) is 163 cm³/mol. The molecule has 5 atom stereocenters. The summed E-state index contributed by atoms with van der Waals surface area (Å²) in [6, 6.07) is 12.9. The molecule has 0 heterocycles. The van der Waals surface area contributed by atoms with Crippen LogP contribution >= 0.6 is 0 Å². The summed E-state index contributed by atoms with van der Waals surface area (Å²) < 4.78 is 5.31. The molecule has 0 aliphatic rings. The fourth-order valence-electron chi connectivity index (χ4n) is 4.12. The van der Waals surface area contributed by atoms with Crippen LogP contribution in [0.3, 0.4) is 0 Å². The number of carbonyl (C=O) groups is 6. The van der Waals surface area contributed by atoms with Crippen LogP contribution in [0.1, 0.15) is 38.3 Å². The van der Waals surface area contributed by atoms with E-state index in [1.807, 2.05) is 6.07 Å². The zero-order chi connectivity index (χ0) is 33.5. The number of hydrogen-bond acceptors (Lipinski definition) is 9. The van der Waals surface area contributed by atoms with E-state index in [2.05, 4.69) is 21.3 Å². The fourth-order valence-corrected chi connectivity index (χ4v) is 4.12. The monoisotopic (exact) mass is 626 g/mol. The highest BCUT2D eigenvalue weighted by Crippen LogP contribution is 2.09. The minimum atomic E-state index is -1.63. The molecule has 0 aliphatic heterocycles. The highest BCUT2D eigenvalue weighted by molar-refractivity contribution is 5.97. The van der Waals surface area contributed by atoms with Crippen LogP contribution in [-0.2, 0) is 46.5 Å². The van der Waals surface area contributed by atoms with Gasteiger partial charge in [0.15, 0.2) is 0 Å². The Bertz CT molecular complexity index is 1310. The lowest BCUT2D eigenvalue weighted by atomic mass is 10.00. The van der Waals surface area contributed by atoms with Gasteiger partial charge in [0.05, 0.1) is 6.42 Å². The van der Waals surface area contributed by atoms with Crippen molar-refractivity contribution in [2.45, 2.75) is 70.5 Å². The van der Waals surface area contributed by atoms with Crippen molar-refractivity contribution >= 4 is 35.5 Å². The standard InChI is InChI=1S/C31H42N6O8/c1-18(2)26(37-28(41)23(15-25(33)39)35-29(42)24(38)16-32)30(43)36-22(14-20-10-6-4-7-11-20)27(40)34-19(3)31(44)45-17-21-12-8-5-9-13-21/h4-13,18-19,22-24,26,38H,14-17,32H2,1-3H3,(H2,33,39)(H,34,40)(H,35,42)(H,36,43)(H,37,41)/t19-,22-,23-,24?,26-/m0/s1. The number of amides is 5. The van der Waals surface area contributed by atoms with Gasteiger partial charge in [0.1, 0.15) is 36.9 Å². The van der Waals surface area contributed by atoms with Crippen molar-refractivity contribution < 1.29 is 38.6 Å². The molecule has 0 fully saturated rings. The summed E-state index contributed by atoms with van der Waals surface area (Å²) in [6.45, 7) is 4.33. The number of aliphatic hydroxyl groups is 1. The summed E-state index contributed by atoms with van der Waals surface area (Å²) in [5, 5.41) is 19.6. The van der Waals surface area contributed by atoms with Crippen molar-refractivity contribution in [1.82, 2.24) is 21.3 Å². The Morgan fingerprint density at radius 1 is 0.733 bits per heavy atom. The van der Waals surface area contributed by atoms with Crippen LogP contribution < -0.4 is 32.7 Å². The summed E-state index contributed by atoms with van der Waals surface area (Å²) in [7, 11) is 0. The van der Waals surface area contributed by atoms with E-state index in [1.165, 1.54) is 6.92 Å². The zero-order valence-corrected chi connectivity index (χ0v) is 25.5. The summed E-state index contributed by atoms with van der Waals surface area (Å²) in [6.07, 6.45) is -2.19. The van der Waals surface area contributed by atoms with Crippen molar-refractivity contribution in [3.05, 3.63) is 71.8 Å². The van der Waals surface area contributed by atoms with Crippen LogP contribution in [0, 0.1) is 5.92 Å². The van der Waals surface area contributed by atoms with Gasteiger partial charge < -0.3 is 42.6 Å². The predicted octanol–water partition coefficient (Wildman–Crippen LogP) is -1.22. The maximum Gasteiger partial charge on any atom is 0.328 e. The lowest BCUT2D eigenvalue weighted by Crippen LogP contribution is -2.60. The van der Waals surface area contributed by atoms with E-state index in [4.69, 9.17) is 16.2 Å². The largest absolute Gasteiger partial charge is 0.459 e. The van der Waals surface area contributed by atoms with Crippen molar-refractivity contribution in [3.63, 3.8) is 0 Å². The van der Waals surface area contributed by atoms with Gasteiger partial charge in [-0.1, -0.05) is 74.5 Å². The van der Waals surface area contributed by atoms with E-state index < -0.39 is 84.7 Å². The van der Waals surface area contributed by atoms with Gasteiger partial charge in [0, 0.05) is 13.0 Å². The van der Waals surface area contributed by atoms with Crippen LogP contribution in [0.4, 0.5) is 0 Å². The molecule has 0 saturated carbocycles. The summed E-state index contributed by atoms with van der Waals surface area (Å²) >= 11 is 0. The van der Waals surface area contributed by atoms with Gasteiger partial charge in [-0.2, -0.15) is 0 Å². The van der Waals surface area contributed by atoms with Crippen LogP contribution in [0.15, 0.2) is 60.7 Å². The first-order valence-electron chi connectivity index (χ1n) is 14.4. The second-order valence-corrected chi connectivity index (χ2v) is 10.8. The van der Waals surface area contributed by atoms with Gasteiger partial charge in [-0.05, 0) is 24.0 Å². The van der Waals surface area contributed by atoms with E-state index >= 15 is 0 Å². The van der Waals surface area contributed by atoms with Crippen LogP contribution in [0.5, 0.6) is 0 Å². The van der Waals surface area contributed by atoms with Gasteiger partial charge in [-0.25, -0.2) is 4.79 Å². The van der Waals surface area contributed by atoms with E-state index in [9.17, 15) is 33.9 Å². The molecule has 2 aromatic carbocycles. The minimum absolute atomic E-state index is 0.0161. The number of nitrogens with one attached hydrogen (secondary N) is 4. The summed E-state index contributed by atoms with van der Waals surface area (Å²) in [5.41, 5.74) is 12.0. The van der Waals surface area contributed by atoms with Gasteiger partial charge in [0.25, 0.3) is 5.91 Å². The van der Waals surface area contributed by atoms with Gasteiger partial charge in [-0.15, -0.1) is 0 Å². The highest BCUT2D eigenvalue weighted by Gasteiger charge is 2.33. The van der Waals surface area contributed by atoms with Crippen molar-refractivity contribution in [3.8, 4) is 0 Å². The number of rotatable bonds is 17. The van der Waals surface area contributed by atoms with Crippen molar-refractivity contribution in [1.29, 1.82) is 0 Å². The summed E-state index contributed by atoms with van der Waals surface area (Å²) in [4.78, 5) is 76.3. The van der Waals surface area contributed by atoms with E-state index in [1.54, 1.807) is 68.4 Å². The molecule has 0 bridgehead atoms. The molecular formula is C31H42N6O8. The van der Waals surface area contributed by atoms with Crippen LogP contribution in [0.25, 0.3) is 0 Å². The number of nitrogens with two attached hydrogens (primary N) is 2. The second-order valence-electron chi connectivity index (χ2n) is 10.8. The number of aliphatic hydroxyl groups excluding tert-OH is 1. The Kier molecular flexibility index (Phi) is 14.6. The first kappa shape index (κ1) is 36.4. The number of primary amides is 1. The molecule has 0 radical (unpaired) electrons. The second kappa shape index (κ2) is 18.1. The average molecular weight is 627 g/mol. The number of carbonyl (C=O) groups excluding carboxylic acids is 6. The highest BCUT2D eigenvalue weighted by atomic mass is 16.5. The number of ether oxygens (including phenoxy) is 1.